The van der Waals surface area contributed by atoms with Crippen molar-refractivity contribution in [1.29, 1.82) is 0 Å². The molecule has 1 aromatic rings. The van der Waals surface area contributed by atoms with Crippen molar-refractivity contribution in [3.63, 3.8) is 0 Å². The number of hydrogen-bond acceptors (Lipinski definition) is 4. The maximum absolute atomic E-state index is 5.88. The molecule has 1 atom stereocenters. The van der Waals surface area contributed by atoms with E-state index in [4.69, 9.17) is 11.6 Å². The Labute approximate surface area is 92.2 Å². The molecule has 0 aromatic carbocycles. The molecule has 0 radical (unpaired) electrons. The molecule has 0 saturated carbocycles. The predicted octanol–water partition coefficient (Wildman–Crippen LogP) is 3.47. The third-order valence-electron chi connectivity index (χ3n) is 1.93. The molecule has 0 saturated heterocycles. The van der Waals surface area contributed by atoms with E-state index in [-0.39, 0.29) is 0 Å². The van der Waals surface area contributed by atoms with Crippen LogP contribution in [-0.4, -0.2) is 14.8 Å². The summed E-state index contributed by atoms with van der Waals surface area (Å²) in [7, 11) is 0. The average molecular weight is 237 g/mol. The molecule has 0 aliphatic carbocycles. The van der Waals surface area contributed by atoms with Crippen LogP contribution in [0.5, 0.6) is 0 Å². The monoisotopic (exact) mass is 236 g/mol. The van der Waals surface area contributed by atoms with E-state index in [2.05, 4.69) is 30.4 Å². The number of halogens is 1. The van der Waals surface area contributed by atoms with Gasteiger partial charge in [0.25, 0.3) is 0 Å². The third-order valence-corrected chi connectivity index (χ3v) is 4.43. The van der Waals surface area contributed by atoms with Crippen LogP contribution in [0.1, 0.15) is 26.5 Å². The van der Waals surface area contributed by atoms with E-state index in [1.165, 1.54) is 11.5 Å². The van der Waals surface area contributed by atoms with Crippen molar-refractivity contribution < 1.29 is 0 Å². The summed E-state index contributed by atoms with van der Waals surface area (Å²) >= 11 is 9.01. The van der Waals surface area contributed by atoms with E-state index >= 15 is 0 Å². The lowest BCUT2D eigenvalue weighted by atomic mass is 10.2. The van der Waals surface area contributed by atoms with Crippen molar-refractivity contribution in [3.8, 4) is 0 Å². The zero-order valence-corrected chi connectivity index (χ0v) is 10.3. The largest absolute Gasteiger partial charge is 0.152 e. The summed E-state index contributed by atoms with van der Waals surface area (Å²) in [5, 5.41) is 4.60. The zero-order chi connectivity index (χ0) is 9.84. The topological polar surface area (TPSA) is 25.8 Å². The minimum Gasteiger partial charge on any atom is -0.152 e. The fraction of sp³-hybridized carbons (Fsp3) is 0.750. The molecule has 5 heteroatoms. The lowest BCUT2D eigenvalue weighted by molar-refractivity contribution is 0.642. The van der Waals surface area contributed by atoms with Gasteiger partial charge in [0.15, 0.2) is 0 Å². The van der Waals surface area contributed by atoms with Crippen molar-refractivity contribution in [2.45, 2.75) is 31.8 Å². The molecule has 0 amide bonds. The van der Waals surface area contributed by atoms with Crippen LogP contribution in [0.25, 0.3) is 0 Å². The SMILES string of the molecule is CC(C)C(C)SCc1nnsc1Cl. The summed E-state index contributed by atoms with van der Waals surface area (Å²) in [6, 6.07) is 0. The fourth-order valence-corrected chi connectivity index (χ4v) is 2.49. The van der Waals surface area contributed by atoms with Gasteiger partial charge in [-0.1, -0.05) is 36.9 Å². The second-order valence-electron chi connectivity index (χ2n) is 3.25. The highest BCUT2D eigenvalue weighted by Gasteiger charge is 2.11. The van der Waals surface area contributed by atoms with Crippen LogP contribution in [-0.2, 0) is 5.75 Å². The van der Waals surface area contributed by atoms with Crippen molar-refractivity contribution in [1.82, 2.24) is 9.59 Å². The van der Waals surface area contributed by atoms with Crippen molar-refractivity contribution in [2.24, 2.45) is 5.92 Å². The first-order chi connectivity index (χ1) is 6.11. The number of aromatic nitrogens is 2. The van der Waals surface area contributed by atoms with Crippen molar-refractivity contribution in [2.75, 3.05) is 0 Å². The molecule has 1 heterocycles. The summed E-state index contributed by atoms with van der Waals surface area (Å²) in [6.45, 7) is 6.67. The molecule has 2 nitrogen and oxygen atoms in total. The van der Waals surface area contributed by atoms with Gasteiger partial charge in [-0.25, -0.2) is 0 Å². The first-order valence-electron chi connectivity index (χ1n) is 4.19. The van der Waals surface area contributed by atoms with E-state index in [1.807, 2.05) is 11.8 Å². The van der Waals surface area contributed by atoms with Gasteiger partial charge in [0.2, 0.25) is 0 Å². The second kappa shape index (κ2) is 5.17. The van der Waals surface area contributed by atoms with Gasteiger partial charge < -0.3 is 0 Å². The lowest BCUT2D eigenvalue weighted by Crippen LogP contribution is -2.05. The maximum atomic E-state index is 5.88. The van der Waals surface area contributed by atoms with Gasteiger partial charge in [-0.3, -0.25) is 0 Å². The fourth-order valence-electron chi connectivity index (χ4n) is 0.686. The lowest BCUT2D eigenvalue weighted by Gasteiger charge is -2.13. The highest BCUT2D eigenvalue weighted by atomic mass is 35.5. The van der Waals surface area contributed by atoms with Gasteiger partial charge in [0, 0.05) is 22.5 Å². The first-order valence-corrected chi connectivity index (χ1v) is 6.39. The molecule has 74 valence electrons. The van der Waals surface area contributed by atoms with Crippen LogP contribution >= 0.6 is 34.9 Å². The van der Waals surface area contributed by atoms with Crippen LogP contribution in [0.2, 0.25) is 4.34 Å². The molecule has 0 fully saturated rings. The molecular weight excluding hydrogens is 224 g/mol. The van der Waals surface area contributed by atoms with Gasteiger partial charge in [-0.2, -0.15) is 11.8 Å². The predicted molar refractivity (Wildman–Crippen MR) is 60.5 cm³/mol. The number of nitrogens with zero attached hydrogens (tertiary/aromatic N) is 2. The van der Waals surface area contributed by atoms with Gasteiger partial charge in [-0.15, -0.1) is 5.10 Å². The highest BCUT2D eigenvalue weighted by molar-refractivity contribution is 7.99. The third kappa shape index (κ3) is 3.44. The minimum absolute atomic E-state index is 0.637. The van der Waals surface area contributed by atoms with Gasteiger partial charge in [0.05, 0.1) is 0 Å². The summed E-state index contributed by atoms with van der Waals surface area (Å²) < 4.78 is 4.52. The smallest absolute Gasteiger partial charge is 0.138 e. The van der Waals surface area contributed by atoms with Crippen LogP contribution in [0.3, 0.4) is 0 Å². The quantitative estimate of drug-likeness (QED) is 0.801. The highest BCUT2D eigenvalue weighted by Crippen LogP contribution is 2.26. The molecule has 1 aromatic heterocycles. The Morgan fingerprint density at radius 1 is 1.46 bits per heavy atom. The van der Waals surface area contributed by atoms with E-state index < -0.39 is 0 Å². The van der Waals surface area contributed by atoms with E-state index in [9.17, 15) is 0 Å². The molecule has 0 aliphatic heterocycles. The van der Waals surface area contributed by atoms with Gasteiger partial charge in [0.1, 0.15) is 10.0 Å². The molecule has 1 rings (SSSR count). The molecular formula is C8H13ClN2S2. The van der Waals surface area contributed by atoms with E-state index in [0.29, 0.717) is 11.2 Å². The average Bonchev–Trinajstić information content (AvgIpc) is 2.47. The Morgan fingerprint density at radius 2 is 2.15 bits per heavy atom. The Morgan fingerprint density at radius 3 is 2.62 bits per heavy atom. The van der Waals surface area contributed by atoms with Crippen LogP contribution in [0, 0.1) is 5.92 Å². The second-order valence-corrected chi connectivity index (χ2v) is 5.98. The Bertz CT molecular complexity index is 262. The molecule has 0 N–H and O–H groups in total. The normalized spacial score (nSPS) is 13.6. The summed E-state index contributed by atoms with van der Waals surface area (Å²) in [5.74, 6) is 1.56. The molecule has 0 aliphatic rings. The van der Waals surface area contributed by atoms with Crippen LogP contribution in [0.15, 0.2) is 0 Å². The summed E-state index contributed by atoms with van der Waals surface area (Å²) in [5.41, 5.74) is 0.921. The zero-order valence-electron chi connectivity index (χ0n) is 7.95. The van der Waals surface area contributed by atoms with Gasteiger partial charge in [-0.05, 0) is 5.92 Å². The van der Waals surface area contributed by atoms with Crippen molar-refractivity contribution in [3.05, 3.63) is 10.0 Å². The van der Waals surface area contributed by atoms with Crippen LogP contribution < -0.4 is 0 Å². The number of hydrogen-bond donors (Lipinski definition) is 0. The van der Waals surface area contributed by atoms with Gasteiger partial charge >= 0.3 is 0 Å². The number of thioether (sulfide) groups is 1. The van der Waals surface area contributed by atoms with E-state index in [1.54, 1.807) is 0 Å². The molecule has 0 bridgehead atoms. The Balaban J connectivity index is 2.39. The van der Waals surface area contributed by atoms with E-state index in [0.717, 1.165) is 15.8 Å². The van der Waals surface area contributed by atoms with Crippen LogP contribution in [0.4, 0.5) is 0 Å². The molecule has 13 heavy (non-hydrogen) atoms. The number of rotatable bonds is 4. The summed E-state index contributed by atoms with van der Waals surface area (Å²) in [6.07, 6.45) is 0. The standard InChI is InChI=1S/C8H13ClN2S2/c1-5(2)6(3)12-4-7-8(9)13-11-10-7/h5-6H,4H2,1-3H3. The van der Waals surface area contributed by atoms with Crippen molar-refractivity contribution >= 4 is 34.9 Å². The molecule has 0 spiro atoms. The Hall–Kier alpha value is 0.200. The first kappa shape index (κ1) is 11.3. The summed E-state index contributed by atoms with van der Waals surface area (Å²) in [4.78, 5) is 0. The minimum atomic E-state index is 0.637. The Kier molecular flexibility index (Phi) is 4.49. The molecule has 1 unspecified atom stereocenters. The maximum Gasteiger partial charge on any atom is 0.138 e.